The van der Waals surface area contributed by atoms with Crippen molar-refractivity contribution < 1.29 is 33.8 Å². The van der Waals surface area contributed by atoms with Gasteiger partial charge in [-0.05, 0) is 56.8 Å². The number of carbonyl (C=O) groups excluding carboxylic acids is 3. The third kappa shape index (κ3) is 6.87. The van der Waals surface area contributed by atoms with E-state index in [0.29, 0.717) is 29.9 Å². The number of benzene rings is 1. The molecule has 0 aliphatic carbocycles. The zero-order valence-corrected chi connectivity index (χ0v) is 30.0. The number of pyridine rings is 2. The first-order valence-electron chi connectivity index (χ1n) is 17.5. The highest BCUT2D eigenvalue weighted by Gasteiger charge is 2.50. The molecule has 5 heterocycles. The van der Waals surface area contributed by atoms with Crippen LogP contribution in [0.4, 0.5) is 11.4 Å². The number of hydrogen-bond donors (Lipinski definition) is 4. The second kappa shape index (κ2) is 15.8. The molecule has 1 amide bonds. The molecule has 2 aromatic heterocycles. The zero-order valence-electron chi connectivity index (χ0n) is 29.2. The van der Waals surface area contributed by atoms with Gasteiger partial charge in [-0.2, -0.15) is 0 Å². The minimum Gasteiger partial charge on any atom is -0.480 e. The lowest BCUT2D eigenvalue weighted by molar-refractivity contribution is -0.189. The summed E-state index contributed by atoms with van der Waals surface area (Å²) >= 11 is 0. The highest BCUT2D eigenvalue weighted by atomic mass is 35.5. The fourth-order valence-electron chi connectivity index (χ4n) is 7.07. The number of cyclic esters (lactones) is 1. The first-order chi connectivity index (χ1) is 24.5. The largest absolute Gasteiger partial charge is 0.480 e. The van der Waals surface area contributed by atoms with E-state index in [0.717, 1.165) is 48.1 Å². The van der Waals surface area contributed by atoms with E-state index in [1.165, 1.54) is 0 Å². The number of nitrogens with one attached hydrogen (secondary N) is 1. The molecule has 0 unspecified atom stereocenters. The lowest BCUT2D eigenvalue weighted by Gasteiger charge is -2.35. The van der Waals surface area contributed by atoms with Gasteiger partial charge in [-0.25, -0.2) is 19.6 Å². The number of aromatic nitrogens is 2. The van der Waals surface area contributed by atoms with E-state index in [9.17, 15) is 29.1 Å². The topological polar surface area (TPSA) is 222 Å². The summed E-state index contributed by atoms with van der Waals surface area (Å²) < 4.78 is 12.9. The molecule has 0 saturated heterocycles. The summed E-state index contributed by atoms with van der Waals surface area (Å²) in [5.41, 5.74) is 13.7. The zero-order chi connectivity index (χ0) is 36.4. The average Bonchev–Trinajstić information content (AvgIpc) is 3.49. The first-order valence-corrected chi connectivity index (χ1v) is 17.5. The van der Waals surface area contributed by atoms with Crippen LogP contribution in [0.5, 0.6) is 0 Å². The van der Waals surface area contributed by atoms with Gasteiger partial charge in [-0.15, -0.1) is 12.4 Å². The maximum Gasteiger partial charge on any atom is 0.355 e. The molecule has 1 aromatic carbocycles. The van der Waals surface area contributed by atoms with Crippen LogP contribution in [-0.2, 0) is 47.4 Å². The number of nitrogens with two attached hydrogens (primary N) is 2. The summed E-state index contributed by atoms with van der Waals surface area (Å²) in [5.74, 6) is -3.79. The number of carbonyl (C=O) groups is 4. The molecule has 0 radical (unpaired) electrons. The van der Waals surface area contributed by atoms with Crippen molar-refractivity contribution in [1.29, 1.82) is 0 Å². The quantitative estimate of drug-likeness (QED) is 0.102. The minimum absolute atomic E-state index is 0. The molecule has 0 spiro atoms. The third-order valence-corrected chi connectivity index (χ3v) is 9.85. The number of ether oxygens (including phenoxy) is 2. The molecule has 278 valence electrons. The number of rotatable bonds is 15. The average molecular weight is 738 g/mol. The number of aliphatic carboxylic acids is 1. The van der Waals surface area contributed by atoms with Gasteiger partial charge in [-0.1, -0.05) is 32.8 Å². The molecule has 16 heteroatoms. The lowest BCUT2D eigenvalue weighted by atomic mass is 9.85. The Hall–Kier alpha value is -4.86. The molecule has 3 atom stereocenters. The van der Waals surface area contributed by atoms with Gasteiger partial charge in [0.25, 0.3) is 5.56 Å². The van der Waals surface area contributed by atoms with E-state index in [2.05, 4.69) is 22.1 Å². The van der Waals surface area contributed by atoms with Gasteiger partial charge in [0.15, 0.2) is 0 Å². The van der Waals surface area contributed by atoms with Gasteiger partial charge in [0, 0.05) is 24.1 Å². The van der Waals surface area contributed by atoms with Crippen LogP contribution in [0.15, 0.2) is 34.1 Å². The van der Waals surface area contributed by atoms with Crippen LogP contribution in [0.2, 0.25) is 0 Å². The van der Waals surface area contributed by atoms with Crippen LogP contribution < -0.4 is 27.2 Å². The van der Waals surface area contributed by atoms with E-state index >= 15 is 0 Å². The van der Waals surface area contributed by atoms with Crippen molar-refractivity contribution in [1.82, 2.24) is 14.9 Å². The molecular weight excluding hydrogens is 694 g/mol. The van der Waals surface area contributed by atoms with Crippen LogP contribution in [0.3, 0.4) is 0 Å². The minimum atomic E-state index is -1.97. The van der Waals surface area contributed by atoms with Gasteiger partial charge in [0.1, 0.15) is 12.6 Å². The van der Waals surface area contributed by atoms with E-state index in [1.54, 1.807) is 17.6 Å². The molecule has 0 bridgehead atoms. The fourth-order valence-corrected chi connectivity index (χ4v) is 7.07. The Bertz CT molecular complexity index is 2000. The molecule has 6 N–H and O–H groups in total. The van der Waals surface area contributed by atoms with E-state index in [-0.39, 0.29) is 61.5 Å². The summed E-state index contributed by atoms with van der Waals surface area (Å²) in [4.78, 5) is 77.3. The predicted molar refractivity (Wildman–Crippen MR) is 196 cm³/mol. The number of hydrogen-bond acceptors (Lipinski definition) is 12. The van der Waals surface area contributed by atoms with E-state index in [4.69, 9.17) is 25.9 Å². The number of amides is 1. The van der Waals surface area contributed by atoms with Crippen molar-refractivity contribution in [2.24, 2.45) is 16.5 Å². The molecule has 6 rings (SSSR count). The van der Waals surface area contributed by atoms with Gasteiger partial charge in [0.05, 0.1) is 58.2 Å². The van der Waals surface area contributed by atoms with E-state index < -0.39 is 47.9 Å². The Morgan fingerprint density at radius 2 is 1.92 bits per heavy atom. The molecule has 3 aliphatic rings. The number of carboxylic acids is 1. The lowest BCUT2D eigenvalue weighted by Crippen LogP contribution is -2.49. The van der Waals surface area contributed by atoms with Crippen molar-refractivity contribution in [3.8, 4) is 11.4 Å². The Kier molecular flexibility index (Phi) is 11.7. The SMILES string of the molecule is CCCCCN1C=Nc2cccc3nc4c(c1c23)Cn1c-4cc2c(c1=O)COC(=O)[C@@]2(CC)OC(=O)CC[C@H](NC(=O)[C@@H](N)CCCN)C(=O)O.Cl. The maximum atomic E-state index is 14.2. The van der Waals surface area contributed by atoms with Gasteiger partial charge in [0.2, 0.25) is 11.5 Å². The summed E-state index contributed by atoms with van der Waals surface area (Å²) in [6, 6.07) is 5.02. The Labute approximate surface area is 306 Å². The highest BCUT2D eigenvalue weighted by Crippen LogP contribution is 2.47. The fraction of sp³-hybridized carbons (Fsp3) is 0.472. The van der Waals surface area contributed by atoms with Crippen LogP contribution in [-0.4, -0.2) is 70.0 Å². The number of aliphatic imine (C=N–C) groups is 1. The number of fused-ring (bicyclic) bond motifs is 5. The van der Waals surface area contributed by atoms with Gasteiger partial charge < -0.3 is 40.8 Å². The number of halogens is 1. The number of nitrogens with zero attached hydrogens (tertiary/aromatic N) is 4. The Balaban J connectivity index is 0.00000523. The molecular formula is C36H44ClN7O8. The second-order valence-electron chi connectivity index (χ2n) is 13.1. The van der Waals surface area contributed by atoms with Gasteiger partial charge >= 0.3 is 17.9 Å². The molecule has 3 aromatic rings. The van der Waals surface area contributed by atoms with Crippen molar-refractivity contribution in [3.05, 3.63) is 51.3 Å². The monoisotopic (exact) mass is 737 g/mol. The molecule has 15 nitrogen and oxygen atoms in total. The maximum absolute atomic E-state index is 14.2. The van der Waals surface area contributed by atoms with Crippen molar-refractivity contribution in [2.75, 3.05) is 18.0 Å². The third-order valence-electron chi connectivity index (χ3n) is 9.85. The highest BCUT2D eigenvalue weighted by molar-refractivity contribution is 6.11. The summed E-state index contributed by atoms with van der Waals surface area (Å²) in [5, 5.41) is 13.0. The van der Waals surface area contributed by atoms with Crippen molar-refractivity contribution in [3.63, 3.8) is 0 Å². The number of unbranched alkanes of at least 4 members (excludes halogenated alkanes) is 2. The van der Waals surface area contributed by atoms with E-state index in [1.807, 2.05) is 24.5 Å². The van der Waals surface area contributed by atoms with Crippen LogP contribution in [0, 0.1) is 0 Å². The van der Waals surface area contributed by atoms with Crippen LogP contribution in [0.1, 0.15) is 81.9 Å². The summed E-state index contributed by atoms with van der Waals surface area (Å²) in [6.07, 6.45) is 4.80. The normalized spacial score (nSPS) is 17.7. The molecule has 52 heavy (non-hydrogen) atoms. The Morgan fingerprint density at radius 3 is 2.63 bits per heavy atom. The summed E-state index contributed by atoms with van der Waals surface area (Å²) in [7, 11) is 0. The van der Waals surface area contributed by atoms with Crippen LogP contribution in [0.25, 0.3) is 22.3 Å². The van der Waals surface area contributed by atoms with Gasteiger partial charge in [-0.3, -0.25) is 14.4 Å². The predicted octanol–water partition coefficient (Wildman–Crippen LogP) is 3.14. The molecule has 3 aliphatic heterocycles. The van der Waals surface area contributed by atoms with Crippen LogP contribution >= 0.6 is 12.4 Å². The molecule has 0 saturated carbocycles. The number of carboxylic acid groups (broad SMARTS) is 1. The standard InChI is InChI=1S/C36H43N7O8.ClH/c1-3-5-6-15-42-19-39-24-10-7-11-25-29(24)31(42)20-17-43-27(30(20)40-25)16-22-21(33(43)46)18-50-35(49)36(22,4-2)51-28(44)13-12-26(34(47)48)41-32(45)23(38)9-8-14-37;/h7,10-11,16,19,23,26H,3-6,8-9,12-15,17-18,37-38H2,1-2H3,(H,41,45)(H,47,48);1H/t23-,26-,36-;/m0./s1. The first kappa shape index (κ1) is 38.4. The second-order valence-corrected chi connectivity index (χ2v) is 13.1. The smallest absolute Gasteiger partial charge is 0.355 e. The number of anilines is 1. The molecule has 0 fully saturated rings. The summed E-state index contributed by atoms with van der Waals surface area (Å²) in [6.45, 7) is 4.78. The number of esters is 2. The Morgan fingerprint density at radius 1 is 1.13 bits per heavy atom. The van der Waals surface area contributed by atoms with Crippen molar-refractivity contribution >= 4 is 64.8 Å². The van der Waals surface area contributed by atoms with Crippen molar-refractivity contribution in [2.45, 2.75) is 96.1 Å².